The summed E-state index contributed by atoms with van der Waals surface area (Å²) in [6, 6.07) is 0. The quantitative estimate of drug-likeness (QED) is 0.359. The first-order valence-electron chi connectivity index (χ1n) is 6.49. The Morgan fingerprint density at radius 1 is 1.00 bits per heavy atom. The molecule has 1 atom stereocenters. The van der Waals surface area contributed by atoms with Gasteiger partial charge in [-0.1, -0.05) is 0 Å². The summed E-state index contributed by atoms with van der Waals surface area (Å²) in [6.07, 6.45) is 0.266. The Kier molecular flexibility index (Phi) is 4.69. The summed E-state index contributed by atoms with van der Waals surface area (Å²) in [5, 5.41) is 0. The van der Waals surface area contributed by atoms with Crippen molar-refractivity contribution in [3.63, 3.8) is 0 Å². The van der Waals surface area contributed by atoms with E-state index in [1.54, 1.807) is 6.92 Å². The van der Waals surface area contributed by atoms with Crippen LogP contribution in [-0.2, 0) is 14.3 Å². The summed E-state index contributed by atoms with van der Waals surface area (Å²) in [7, 11) is 0. The standard InChI is InChI=1S/C14H11F4NO4/c1-3-22-6(2)23-14-11(17)9(15)13(10(16)12(14)18)19-7(20)4-5-8(19)21/h4-6H,3H2,1-2H3. The highest BCUT2D eigenvalue weighted by molar-refractivity contribution is 6.28. The van der Waals surface area contributed by atoms with Crippen LogP contribution in [0.1, 0.15) is 13.8 Å². The highest BCUT2D eigenvalue weighted by Gasteiger charge is 2.36. The van der Waals surface area contributed by atoms with Crippen LogP contribution < -0.4 is 9.64 Å². The number of benzene rings is 1. The molecule has 1 aliphatic heterocycles. The third-order valence-electron chi connectivity index (χ3n) is 2.92. The molecule has 23 heavy (non-hydrogen) atoms. The van der Waals surface area contributed by atoms with Gasteiger partial charge in [-0.3, -0.25) is 9.59 Å². The number of ether oxygens (including phenoxy) is 2. The van der Waals surface area contributed by atoms with Gasteiger partial charge in [0.1, 0.15) is 5.69 Å². The number of hydrogen-bond acceptors (Lipinski definition) is 4. The Balaban J connectivity index is 2.53. The number of rotatable bonds is 5. The first-order valence-corrected chi connectivity index (χ1v) is 6.49. The second-order valence-electron chi connectivity index (χ2n) is 4.42. The molecule has 0 saturated heterocycles. The maximum absolute atomic E-state index is 14.1. The minimum atomic E-state index is -1.92. The fraction of sp³-hybridized carbons (Fsp3) is 0.286. The van der Waals surface area contributed by atoms with E-state index in [1.807, 2.05) is 0 Å². The Morgan fingerprint density at radius 2 is 1.48 bits per heavy atom. The van der Waals surface area contributed by atoms with Gasteiger partial charge in [-0.05, 0) is 13.8 Å². The third-order valence-corrected chi connectivity index (χ3v) is 2.92. The number of hydrogen-bond donors (Lipinski definition) is 0. The largest absolute Gasteiger partial charge is 0.459 e. The van der Waals surface area contributed by atoms with Crippen molar-refractivity contribution in [2.45, 2.75) is 20.1 Å². The zero-order valence-corrected chi connectivity index (χ0v) is 12.0. The predicted octanol–water partition coefficient (Wildman–Crippen LogP) is 2.43. The number of imide groups is 1. The fourth-order valence-electron chi connectivity index (χ4n) is 1.96. The van der Waals surface area contributed by atoms with E-state index in [2.05, 4.69) is 0 Å². The Hall–Kier alpha value is -2.42. The zero-order chi connectivity index (χ0) is 17.3. The van der Waals surface area contributed by atoms with E-state index in [-0.39, 0.29) is 11.5 Å². The molecule has 0 saturated carbocycles. The first kappa shape index (κ1) is 16.9. The maximum atomic E-state index is 14.1. The van der Waals surface area contributed by atoms with Crippen LogP contribution in [0.4, 0.5) is 23.2 Å². The normalized spacial score (nSPS) is 15.5. The summed E-state index contributed by atoms with van der Waals surface area (Å²) in [4.78, 5) is 22.9. The highest BCUT2D eigenvalue weighted by Crippen LogP contribution is 2.36. The first-order chi connectivity index (χ1) is 10.8. The molecule has 124 valence electrons. The van der Waals surface area contributed by atoms with Crippen molar-refractivity contribution in [3.8, 4) is 5.75 Å². The molecule has 0 aromatic heterocycles. The van der Waals surface area contributed by atoms with E-state index in [4.69, 9.17) is 9.47 Å². The highest BCUT2D eigenvalue weighted by atomic mass is 19.2. The molecule has 0 fully saturated rings. The van der Waals surface area contributed by atoms with Crippen molar-refractivity contribution in [1.29, 1.82) is 0 Å². The van der Waals surface area contributed by atoms with Crippen LogP contribution in [0.15, 0.2) is 12.2 Å². The van der Waals surface area contributed by atoms with Crippen molar-refractivity contribution >= 4 is 17.5 Å². The van der Waals surface area contributed by atoms with Gasteiger partial charge < -0.3 is 9.47 Å². The van der Waals surface area contributed by atoms with Crippen LogP contribution in [-0.4, -0.2) is 24.7 Å². The van der Waals surface area contributed by atoms with Crippen molar-refractivity contribution in [1.82, 2.24) is 0 Å². The van der Waals surface area contributed by atoms with Gasteiger partial charge in [-0.2, -0.15) is 8.78 Å². The van der Waals surface area contributed by atoms with Crippen LogP contribution in [0.5, 0.6) is 5.75 Å². The van der Waals surface area contributed by atoms with Gasteiger partial charge in [-0.25, -0.2) is 13.7 Å². The lowest BCUT2D eigenvalue weighted by Crippen LogP contribution is -2.32. The molecule has 0 spiro atoms. The summed E-state index contributed by atoms with van der Waals surface area (Å²) in [6.45, 7) is 2.98. The smallest absolute Gasteiger partial charge is 0.258 e. The SMILES string of the molecule is CCOC(C)Oc1c(F)c(F)c(N2C(=O)C=CC2=O)c(F)c1F. The fourth-order valence-corrected chi connectivity index (χ4v) is 1.96. The van der Waals surface area contributed by atoms with Crippen molar-refractivity contribution in [3.05, 3.63) is 35.4 Å². The number of nitrogens with zero attached hydrogens (tertiary/aromatic N) is 1. The van der Waals surface area contributed by atoms with Gasteiger partial charge in [0.25, 0.3) is 11.8 Å². The van der Waals surface area contributed by atoms with Crippen molar-refractivity contribution < 1.29 is 36.6 Å². The second kappa shape index (κ2) is 6.37. The van der Waals surface area contributed by atoms with Crippen LogP contribution in [0, 0.1) is 23.3 Å². The topological polar surface area (TPSA) is 55.8 Å². The molecular weight excluding hydrogens is 322 g/mol. The molecule has 5 nitrogen and oxygen atoms in total. The predicted molar refractivity (Wildman–Crippen MR) is 69.6 cm³/mol. The lowest BCUT2D eigenvalue weighted by atomic mass is 10.2. The molecule has 1 aromatic rings. The van der Waals surface area contributed by atoms with Crippen LogP contribution in [0.25, 0.3) is 0 Å². The summed E-state index contributed by atoms with van der Waals surface area (Å²) >= 11 is 0. The molecule has 1 heterocycles. The van der Waals surface area contributed by atoms with E-state index in [1.165, 1.54) is 6.92 Å². The minimum absolute atomic E-state index is 0.00736. The van der Waals surface area contributed by atoms with Gasteiger partial charge in [0, 0.05) is 18.8 Å². The van der Waals surface area contributed by atoms with Gasteiger partial charge in [0.05, 0.1) is 0 Å². The zero-order valence-electron chi connectivity index (χ0n) is 12.0. The second-order valence-corrected chi connectivity index (χ2v) is 4.42. The molecule has 0 bridgehead atoms. The molecule has 2 rings (SSSR count). The van der Waals surface area contributed by atoms with Gasteiger partial charge in [0.2, 0.25) is 11.6 Å². The van der Waals surface area contributed by atoms with E-state index >= 15 is 0 Å². The molecule has 1 aliphatic rings. The lowest BCUT2D eigenvalue weighted by Gasteiger charge is -2.20. The lowest BCUT2D eigenvalue weighted by molar-refractivity contribution is -0.120. The van der Waals surface area contributed by atoms with Crippen LogP contribution >= 0.6 is 0 Å². The molecule has 0 N–H and O–H groups in total. The summed E-state index contributed by atoms with van der Waals surface area (Å²) in [5.74, 6) is -11.2. The number of halogens is 4. The molecular formula is C14H11F4NO4. The van der Waals surface area contributed by atoms with Crippen LogP contribution in [0.2, 0.25) is 0 Å². The van der Waals surface area contributed by atoms with E-state index in [0.29, 0.717) is 0 Å². The Bertz CT molecular complexity index is 658. The number of carbonyl (C=O) groups is 2. The van der Waals surface area contributed by atoms with E-state index in [9.17, 15) is 27.2 Å². The van der Waals surface area contributed by atoms with E-state index < -0.39 is 52.8 Å². The minimum Gasteiger partial charge on any atom is -0.459 e. The van der Waals surface area contributed by atoms with Gasteiger partial charge in [0.15, 0.2) is 23.7 Å². The molecule has 0 aliphatic carbocycles. The maximum Gasteiger partial charge on any atom is 0.258 e. The van der Waals surface area contributed by atoms with E-state index in [0.717, 1.165) is 12.2 Å². The summed E-state index contributed by atoms with van der Waals surface area (Å²) in [5.41, 5.74) is -1.43. The molecule has 2 amide bonds. The third kappa shape index (κ3) is 2.91. The molecule has 1 aromatic carbocycles. The Morgan fingerprint density at radius 3 is 1.91 bits per heavy atom. The summed E-state index contributed by atoms with van der Waals surface area (Å²) < 4.78 is 65.6. The van der Waals surface area contributed by atoms with Gasteiger partial charge >= 0.3 is 0 Å². The number of anilines is 1. The van der Waals surface area contributed by atoms with Gasteiger partial charge in [-0.15, -0.1) is 0 Å². The van der Waals surface area contributed by atoms with Crippen LogP contribution in [0.3, 0.4) is 0 Å². The number of amides is 2. The average molecular weight is 333 g/mol. The molecule has 1 unspecified atom stereocenters. The molecule has 9 heteroatoms. The Labute approximate surface area is 128 Å². The molecule has 0 radical (unpaired) electrons. The average Bonchev–Trinajstić information content (AvgIpc) is 2.82. The number of carbonyl (C=O) groups excluding carboxylic acids is 2. The monoisotopic (exact) mass is 333 g/mol. The van der Waals surface area contributed by atoms with Crippen molar-refractivity contribution in [2.75, 3.05) is 11.5 Å². The van der Waals surface area contributed by atoms with Crippen molar-refractivity contribution in [2.24, 2.45) is 0 Å².